The maximum atomic E-state index is 12.0. The number of hydrogen-bond acceptors (Lipinski definition) is 3. The Hall–Kier alpha value is -1.49. The number of para-hydroxylation sites is 1. The van der Waals surface area contributed by atoms with E-state index in [1.807, 2.05) is 35.2 Å². The Morgan fingerprint density at radius 1 is 1.19 bits per heavy atom. The molecule has 114 valence electrons. The standard InChI is InChI=1S/C16H22N2O2S/c1-13-7-9-18(10-8-13)16(20)12-21-11-15(19)17-14-5-3-2-4-6-14/h2-6,13H,7-12H2,1H3,(H,17,19). The van der Waals surface area contributed by atoms with Crippen molar-refractivity contribution in [1.29, 1.82) is 0 Å². The van der Waals surface area contributed by atoms with Crippen LogP contribution in [0.3, 0.4) is 0 Å². The highest BCUT2D eigenvalue weighted by molar-refractivity contribution is 8.00. The van der Waals surface area contributed by atoms with Gasteiger partial charge >= 0.3 is 0 Å². The summed E-state index contributed by atoms with van der Waals surface area (Å²) in [4.78, 5) is 25.7. The predicted molar refractivity (Wildman–Crippen MR) is 87.4 cm³/mol. The zero-order valence-electron chi connectivity index (χ0n) is 12.4. The quantitative estimate of drug-likeness (QED) is 0.910. The molecular formula is C16H22N2O2S. The van der Waals surface area contributed by atoms with Crippen LogP contribution in [0.2, 0.25) is 0 Å². The van der Waals surface area contributed by atoms with Gasteiger partial charge in [0.25, 0.3) is 0 Å². The molecular weight excluding hydrogens is 284 g/mol. The van der Waals surface area contributed by atoms with Crippen molar-refractivity contribution in [2.45, 2.75) is 19.8 Å². The van der Waals surface area contributed by atoms with Crippen LogP contribution in [0.15, 0.2) is 30.3 Å². The molecule has 1 aromatic carbocycles. The first-order valence-electron chi connectivity index (χ1n) is 7.35. The molecule has 0 aromatic heterocycles. The summed E-state index contributed by atoms with van der Waals surface area (Å²) >= 11 is 1.38. The number of nitrogens with zero attached hydrogens (tertiary/aromatic N) is 1. The molecule has 1 heterocycles. The number of piperidine rings is 1. The molecule has 2 rings (SSSR count). The molecule has 0 spiro atoms. The number of hydrogen-bond donors (Lipinski definition) is 1. The van der Waals surface area contributed by atoms with Crippen molar-refractivity contribution in [2.24, 2.45) is 5.92 Å². The van der Waals surface area contributed by atoms with E-state index in [9.17, 15) is 9.59 Å². The molecule has 0 aliphatic carbocycles. The summed E-state index contributed by atoms with van der Waals surface area (Å²) in [6.07, 6.45) is 2.18. The van der Waals surface area contributed by atoms with Gasteiger partial charge in [-0.1, -0.05) is 25.1 Å². The lowest BCUT2D eigenvalue weighted by Crippen LogP contribution is -2.39. The Balaban J connectivity index is 1.64. The molecule has 0 saturated carbocycles. The molecule has 0 atom stereocenters. The van der Waals surface area contributed by atoms with E-state index in [4.69, 9.17) is 0 Å². The van der Waals surface area contributed by atoms with E-state index in [0.29, 0.717) is 11.5 Å². The maximum Gasteiger partial charge on any atom is 0.234 e. The smallest absolute Gasteiger partial charge is 0.234 e. The number of benzene rings is 1. The van der Waals surface area contributed by atoms with Gasteiger partial charge in [0.2, 0.25) is 11.8 Å². The second-order valence-electron chi connectivity index (χ2n) is 5.47. The number of nitrogens with one attached hydrogen (secondary N) is 1. The van der Waals surface area contributed by atoms with Crippen LogP contribution in [0.5, 0.6) is 0 Å². The van der Waals surface area contributed by atoms with Crippen LogP contribution in [0.4, 0.5) is 5.69 Å². The molecule has 1 aliphatic rings. The molecule has 5 heteroatoms. The SMILES string of the molecule is CC1CCN(C(=O)CSCC(=O)Nc2ccccc2)CC1. The molecule has 4 nitrogen and oxygen atoms in total. The van der Waals surface area contributed by atoms with E-state index in [1.165, 1.54) is 11.8 Å². The fraction of sp³-hybridized carbons (Fsp3) is 0.500. The van der Waals surface area contributed by atoms with Crippen molar-refractivity contribution in [1.82, 2.24) is 4.90 Å². The number of rotatable bonds is 5. The number of carbonyl (C=O) groups excluding carboxylic acids is 2. The molecule has 1 fully saturated rings. The van der Waals surface area contributed by atoms with Gasteiger partial charge in [-0.15, -0.1) is 11.8 Å². The van der Waals surface area contributed by atoms with Gasteiger partial charge in [0.1, 0.15) is 0 Å². The minimum absolute atomic E-state index is 0.0636. The van der Waals surface area contributed by atoms with E-state index in [0.717, 1.165) is 37.5 Å². The molecule has 1 aliphatic heterocycles. The van der Waals surface area contributed by atoms with Crippen molar-refractivity contribution < 1.29 is 9.59 Å². The summed E-state index contributed by atoms with van der Waals surface area (Å²) in [5.74, 6) is 1.51. The van der Waals surface area contributed by atoms with E-state index < -0.39 is 0 Å². The number of amides is 2. The summed E-state index contributed by atoms with van der Waals surface area (Å²) in [5.41, 5.74) is 0.791. The van der Waals surface area contributed by atoms with Crippen LogP contribution >= 0.6 is 11.8 Å². The van der Waals surface area contributed by atoms with Crippen LogP contribution in [-0.4, -0.2) is 41.3 Å². The fourth-order valence-corrected chi connectivity index (χ4v) is 3.02. The van der Waals surface area contributed by atoms with Gasteiger partial charge in [0, 0.05) is 18.8 Å². The first-order valence-corrected chi connectivity index (χ1v) is 8.51. The highest BCUT2D eigenvalue weighted by Crippen LogP contribution is 2.17. The van der Waals surface area contributed by atoms with Crippen molar-refractivity contribution >= 4 is 29.3 Å². The Morgan fingerprint density at radius 2 is 1.86 bits per heavy atom. The Labute approximate surface area is 130 Å². The normalized spacial score (nSPS) is 15.8. The molecule has 1 N–H and O–H groups in total. The summed E-state index contributed by atoms with van der Waals surface area (Å²) < 4.78 is 0. The molecule has 1 saturated heterocycles. The fourth-order valence-electron chi connectivity index (χ4n) is 2.30. The van der Waals surface area contributed by atoms with E-state index >= 15 is 0 Å². The number of likely N-dealkylation sites (tertiary alicyclic amines) is 1. The molecule has 0 bridgehead atoms. The minimum Gasteiger partial charge on any atom is -0.342 e. The third-order valence-electron chi connectivity index (χ3n) is 3.65. The Bertz CT molecular complexity index is 470. The Kier molecular flexibility index (Phi) is 6.11. The second-order valence-corrected chi connectivity index (χ2v) is 6.46. The average Bonchev–Trinajstić information content (AvgIpc) is 2.49. The maximum absolute atomic E-state index is 12.0. The lowest BCUT2D eigenvalue weighted by atomic mass is 9.99. The van der Waals surface area contributed by atoms with Crippen LogP contribution in [0.1, 0.15) is 19.8 Å². The average molecular weight is 306 g/mol. The van der Waals surface area contributed by atoms with Gasteiger partial charge in [-0.25, -0.2) is 0 Å². The largest absolute Gasteiger partial charge is 0.342 e. The van der Waals surface area contributed by atoms with Crippen LogP contribution in [-0.2, 0) is 9.59 Å². The van der Waals surface area contributed by atoms with Crippen LogP contribution in [0.25, 0.3) is 0 Å². The summed E-state index contributed by atoms with van der Waals surface area (Å²) in [5, 5.41) is 2.82. The van der Waals surface area contributed by atoms with Crippen LogP contribution < -0.4 is 5.32 Å². The second kappa shape index (κ2) is 8.08. The first-order chi connectivity index (χ1) is 10.1. The van der Waals surface area contributed by atoms with E-state index in [-0.39, 0.29) is 11.8 Å². The minimum atomic E-state index is -0.0636. The monoisotopic (exact) mass is 306 g/mol. The summed E-state index contributed by atoms with van der Waals surface area (Å²) in [6, 6.07) is 9.36. The van der Waals surface area contributed by atoms with Gasteiger partial charge in [0.05, 0.1) is 11.5 Å². The third kappa shape index (κ3) is 5.42. The van der Waals surface area contributed by atoms with Crippen LogP contribution in [0, 0.1) is 5.92 Å². The first kappa shape index (κ1) is 15.9. The van der Waals surface area contributed by atoms with Gasteiger partial charge in [-0.2, -0.15) is 0 Å². The highest BCUT2D eigenvalue weighted by atomic mass is 32.2. The molecule has 21 heavy (non-hydrogen) atoms. The zero-order chi connectivity index (χ0) is 15.1. The molecule has 0 unspecified atom stereocenters. The molecule has 0 radical (unpaired) electrons. The lowest BCUT2D eigenvalue weighted by molar-refractivity contribution is -0.129. The van der Waals surface area contributed by atoms with Crippen molar-refractivity contribution in [2.75, 3.05) is 29.9 Å². The van der Waals surface area contributed by atoms with Gasteiger partial charge < -0.3 is 10.2 Å². The van der Waals surface area contributed by atoms with E-state index in [2.05, 4.69) is 12.2 Å². The summed E-state index contributed by atoms with van der Waals surface area (Å²) in [6.45, 7) is 3.94. The molecule has 1 aromatic rings. The summed E-state index contributed by atoms with van der Waals surface area (Å²) in [7, 11) is 0. The number of thioether (sulfide) groups is 1. The van der Waals surface area contributed by atoms with Crippen molar-refractivity contribution in [3.05, 3.63) is 30.3 Å². The topological polar surface area (TPSA) is 49.4 Å². The van der Waals surface area contributed by atoms with Gasteiger partial charge in [-0.05, 0) is 30.9 Å². The van der Waals surface area contributed by atoms with Gasteiger partial charge in [0.15, 0.2) is 0 Å². The highest BCUT2D eigenvalue weighted by Gasteiger charge is 2.20. The number of anilines is 1. The molecule has 2 amide bonds. The van der Waals surface area contributed by atoms with Gasteiger partial charge in [-0.3, -0.25) is 9.59 Å². The predicted octanol–water partition coefficient (Wildman–Crippen LogP) is 2.62. The lowest BCUT2D eigenvalue weighted by Gasteiger charge is -2.30. The van der Waals surface area contributed by atoms with Crippen molar-refractivity contribution in [3.63, 3.8) is 0 Å². The third-order valence-corrected chi connectivity index (χ3v) is 4.57. The number of carbonyl (C=O) groups is 2. The Morgan fingerprint density at radius 3 is 2.52 bits per heavy atom. The van der Waals surface area contributed by atoms with E-state index in [1.54, 1.807) is 0 Å². The zero-order valence-corrected chi connectivity index (χ0v) is 13.2. The van der Waals surface area contributed by atoms with Crippen molar-refractivity contribution in [3.8, 4) is 0 Å².